The van der Waals surface area contributed by atoms with E-state index in [1.54, 1.807) is 0 Å². The van der Waals surface area contributed by atoms with Gasteiger partial charge in [0.2, 0.25) is 5.91 Å². The molecule has 0 unspecified atom stereocenters. The number of nitrogens with zero attached hydrogens (tertiary/aromatic N) is 1. The standard InChI is InChI=1S/C10H19NO2S/c1-10(2)8-11(5-7-14-10)9(13)4-3-6-12/h12H,3-8H2,1-2H3. The van der Waals surface area contributed by atoms with Crippen molar-refractivity contribution in [1.29, 1.82) is 0 Å². The molecule has 0 spiro atoms. The molecule has 1 amide bonds. The summed E-state index contributed by atoms with van der Waals surface area (Å²) in [5.41, 5.74) is 0. The highest BCUT2D eigenvalue weighted by molar-refractivity contribution is 8.00. The van der Waals surface area contributed by atoms with Crippen LogP contribution in [0.25, 0.3) is 0 Å². The van der Waals surface area contributed by atoms with Crippen LogP contribution >= 0.6 is 11.8 Å². The van der Waals surface area contributed by atoms with Crippen LogP contribution in [0.4, 0.5) is 0 Å². The first-order valence-electron chi connectivity index (χ1n) is 5.08. The van der Waals surface area contributed by atoms with Crippen molar-refractivity contribution >= 4 is 17.7 Å². The van der Waals surface area contributed by atoms with Crippen LogP contribution in [0.3, 0.4) is 0 Å². The molecule has 0 aromatic carbocycles. The second-order valence-corrected chi connectivity index (χ2v) is 6.05. The predicted octanol–water partition coefficient (Wildman–Crippen LogP) is 1.11. The second kappa shape index (κ2) is 5.03. The number of carbonyl (C=O) groups excluding carboxylic acids is 1. The molecule has 1 fully saturated rings. The van der Waals surface area contributed by atoms with Crippen molar-refractivity contribution in [3.05, 3.63) is 0 Å². The zero-order chi connectivity index (χ0) is 10.6. The molecule has 0 atom stereocenters. The molecule has 4 heteroatoms. The second-order valence-electron chi connectivity index (χ2n) is 4.25. The van der Waals surface area contributed by atoms with Gasteiger partial charge >= 0.3 is 0 Å². The molecule has 1 heterocycles. The molecule has 0 aromatic heterocycles. The molecule has 1 aliphatic heterocycles. The minimum absolute atomic E-state index is 0.109. The number of amides is 1. The van der Waals surface area contributed by atoms with E-state index in [1.807, 2.05) is 16.7 Å². The van der Waals surface area contributed by atoms with Crippen LogP contribution in [0.2, 0.25) is 0 Å². The van der Waals surface area contributed by atoms with Gasteiger partial charge in [-0.3, -0.25) is 4.79 Å². The first-order chi connectivity index (χ1) is 6.55. The third kappa shape index (κ3) is 3.50. The molecule has 0 saturated carbocycles. The Morgan fingerprint density at radius 1 is 1.57 bits per heavy atom. The molecule has 3 nitrogen and oxygen atoms in total. The number of rotatable bonds is 3. The van der Waals surface area contributed by atoms with Gasteiger partial charge in [-0.05, 0) is 20.3 Å². The summed E-state index contributed by atoms with van der Waals surface area (Å²) in [7, 11) is 0. The van der Waals surface area contributed by atoms with Gasteiger partial charge in [-0.15, -0.1) is 0 Å². The van der Waals surface area contributed by atoms with Crippen LogP contribution < -0.4 is 0 Å². The fraction of sp³-hybridized carbons (Fsp3) is 0.900. The topological polar surface area (TPSA) is 40.5 Å². The smallest absolute Gasteiger partial charge is 0.222 e. The lowest BCUT2D eigenvalue weighted by Crippen LogP contribution is -2.46. The van der Waals surface area contributed by atoms with Crippen molar-refractivity contribution in [3.8, 4) is 0 Å². The van der Waals surface area contributed by atoms with E-state index < -0.39 is 0 Å². The summed E-state index contributed by atoms with van der Waals surface area (Å²) in [5.74, 6) is 1.21. The van der Waals surface area contributed by atoms with Gasteiger partial charge in [-0.25, -0.2) is 0 Å². The Bertz CT molecular complexity index is 206. The summed E-state index contributed by atoms with van der Waals surface area (Å²) in [6.45, 7) is 6.14. The molecular weight excluding hydrogens is 198 g/mol. The SMILES string of the molecule is CC1(C)CN(C(=O)CCCO)CCS1. The minimum atomic E-state index is 0.109. The maximum atomic E-state index is 11.7. The van der Waals surface area contributed by atoms with Crippen molar-refractivity contribution in [2.75, 3.05) is 25.4 Å². The number of carbonyl (C=O) groups is 1. The average molecular weight is 217 g/mol. The predicted molar refractivity (Wildman–Crippen MR) is 59.4 cm³/mol. The van der Waals surface area contributed by atoms with E-state index >= 15 is 0 Å². The Hall–Kier alpha value is -0.220. The molecular formula is C10H19NO2S. The summed E-state index contributed by atoms with van der Waals surface area (Å²) in [6, 6.07) is 0. The first-order valence-corrected chi connectivity index (χ1v) is 6.06. The number of aliphatic hydroxyl groups is 1. The molecule has 1 aliphatic rings. The molecule has 0 bridgehead atoms. The van der Waals surface area contributed by atoms with Crippen LogP contribution in [-0.2, 0) is 4.79 Å². The Morgan fingerprint density at radius 3 is 2.86 bits per heavy atom. The minimum Gasteiger partial charge on any atom is -0.396 e. The summed E-state index contributed by atoms with van der Waals surface area (Å²) >= 11 is 1.92. The van der Waals surface area contributed by atoms with Gasteiger partial charge in [0.1, 0.15) is 0 Å². The summed E-state index contributed by atoms with van der Waals surface area (Å²) in [4.78, 5) is 13.6. The molecule has 0 aliphatic carbocycles. The highest BCUT2D eigenvalue weighted by Crippen LogP contribution is 2.29. The molecule has 14 heavy (non-hydrogen) atoms. The molecule has 1 N–H and O–H groups in total. The van der Waals surface area contributed by atoms with Gasteiger partial charge in [0, 0.05) is 36.6 Å². The van der Waals surface area contributed by atoms with E-state index in [9.17, 15) is 4.79 Å². The number of hydrogen-bond donors (Lipinski definition) is 1. The monoisotopic (exact) mass is 217 g/mol. The third-order valence-corrected chi connectivity index (χ3v) is 3.62. The van der Waals surface area contributed by atoms with Gasteiger partial charge in [0.05, 0.1) is 0 Å². The maximum absolute atomic E-state index is 11.7. The van der Waals surface area contributed by atoms with Gasteiger partial charge in [0.25, 0.3) is 0 Å². The number of aliphatic hydroxyl groups excluding tert-OH is 1. The van der Waals surface area contributed by atoms with Crippen LogP contribution in [0, 0.1) is 0 Å². The Kier molecular flexibility index (Phi) is 4.26. The van der Waals surface area contributed by atoms with Crippen LogP contribution in [-0.4, -0.2) is 46.1 Å². The largest absolute Gasteiger partial charge is 0.396 e. The van der Waals surface area contributed by atoms with Crippen LogP contribution in [0.5, 0.6) is 0 Å². The van der Waals surface area contributed by atoms with E-state index in [0.29, 0.717) is 12.8 Å². The molecule has 82 valence electrons. The van der Waals surface area contributed by atoms with Crippen molar-refractivity contribution < 1.29 is 9.90 Å². The van der Waals surface area contributed by atoms with Gasteiger partial charge in [-0.1, -0.05) is 0 Å². The number of thioether (sulfide) groups is 1. The van der Waals surface area contributed by atoms with Crippen molar-refractivity contribution in [3.63, 3.8) is 0 Å². The van der Waals surface area contributed by atoms with Crippen LogP contribution in [0.1, 0.15) is 26.7 Å². The first kappa shape index (κ1) is 11.9. The normalized spacial score (nSPS) is 20.9. The van der Waals surface area contributed by atoms with Crippen molar-refractivity contribution in [1.82, 2.24) is 4.90 Å². The lowest BCUT2D eigenvalue weighted by Gasteiger charge is -2.37. The fourth-order valence-corrected chi connectivity index (χ4v) is 2.73. The van der Waals surface area contributed by atoms with E-state index in [4.69, 9.17) is 5.11 Å². The van der Waals surface area contributed by atoms with Crippen LogP contribution in [0.15, 0.2) is 0 Å². The van der Waals surface area contributed by atoms with Crippen molar-refractivity contribution in [2.24, 2.45) is 0 Å². The Balaban J connectivity index is 2.40. The maximum Gasteiger partial charge on any atom is 0.222 e. The fourth-order valence-electron chi connectivity index (χ4n) is 1.62. The van der Waals surface area contributed by atoms with Gasteiger partial charge in [-0.2, -0.15) is 11.8 Å². The Morgan fingerprint density at radius 2 is 2.29 bits per heavy atom. The molecule has 1 saturated heterocycles. The lowest BCUT2D eigenvalue weighted by atomic mass is 10.1. The van der Waals surface area contributed by atoms with E-state index in [2.05, 4.69) is 13.8 Å². The van der Waals surface area contributed by atoms with E-state index in [1.165, 1.54) is 0 Å². The number of hydrogen-bond acceptors (Lipinski definition) is 3. The van der Waals surface area contributed by atoms with E-state index in [-0.39, 0.29) is 17.3 Å². The van der Waals surface area contributed by atoms with E-state index in [0.717, 1.165) is 18.8 Å². The molecule has 1 rings (SSSR count). The zero-order valence-electron chi connectivity index (χ0n) is 8.95. The van der Waals surface area contributed by atoms with Gasteiger partial charge < -0.3 is 10.0 Å². The van der Waals surface area contributed by atoms with Crippen molar-refractivity contribution in [2.45, 2.75) is 31.4 Å². The Labute approximate surface area is 89.9 Å². The zero-order valence-corrected chi connectivity index (χ0v) is 9.77. The summed E-state index contributed by atoms with van der Waals surface area (Å²) in [6.07, 6.45) is 1.07. The van der Waals surface area contributed by atoms with Gasteiger partial charge in [0.15, 0.2) is 0 Å². The third-order valence-electron chi connectivity index (χ3n) is 2.33. The lowest BCUT2D eigenvalue weighted by molar-refractivity contribution is -0.131. The molecule has 0 radical (unpaired) electrons. The highest BCUT2D eigenvalue weighted by Gasteiger charge is 2.29. The quantitative estimate of drug-likeness (QED) is 0.770. The highest BCUT2D eigenvalue weighted by atomic mass is 32.2. The summed E-state index contributed by atoms with van der Waals surface area (Å²) in [5, 5.41) is 8.64. The average Bonchev–Trinajstić information content (AvgIpc) is 2.12. The molecule has 0 aromatic rings. The summed E-state index contributed by atoms with van der Waals surface area (Å²) < 4.78 is 0.188.